The molecule has 1 N–H and O–H groups in total. The standard InChI is InChI=1S/C16H16ClFO/c17-11-14(8-12-4-6-16(19)7-5-12)9-13-2-1-3-15(18)10-13/h1-7,10,14,19H,8-9,11H2. The fourth-order valence-corrected chi connectivity index (χ4v) is 2.36. The highest BCUT2D eigenvalue weighted by atomic mass is 35.5. The van der Waals surface area contributed by atoms with Gasteiger partial charge in [-0.05, 0) is 54.2 Å². The highest BCUT2D eigenvalue weighted by molar-refractivity contribution is 6.18. The fourth-order valence-electron chi connectivity index (χ4n) is 2.14. The molecule has 0 bridgehead atoms. The molecular formula is C16H16ClFO. The number of phenolic OH excluding ortho intramolecular Hbond substituents is 1. The summed E-state index contributed by atoms with van der Waals surface area (Å²) in [6.07, 6.45) is 1.57. The molecule has 1 atom stereocenters. The molecule has 1 unspecified atom stereocenters. The van der Waals surface area contributed by atoms with Crippen molar-refractivity contribution in [2.24, 2.45) is 5.92 Å². The van der Waals surface area contributed by atoms with Crippen LogP contribution < -0.4 is 0 Å². The maximum absolute atomic E-state index is 13.1. The highest BCUT2D eigenvalue weighted by Crippen LogP contribution is 2.18. The van der Waals surface area contributed by atoms with Crippen molar-refractivity contribution >= 4 is 11.6 Å². The van der Waals surface area contributed by atoms with E-state index in [1.807, 2.05) is 18.2 Å². The van der Waals surface area contributed by atoms with Crippen molar-refractivity contribution in [2.75, 3.05) is 5.88 Å². The van der Waals surface area contributed by atoms with Gasteiger partial charge >= 0.3 is 0 Å². The van der Waals surface area contributed by atoms with E-state index in [9.17, 15) is 9.50 Å². The summed E-state index contributed by atoms with van der Waals surface area (Å²) in [5.41, 5.74) is 2.09. The molecule has 0 amide bonds. The van der Waals surface area contributed by atoms with E-state index in [4.69, 9.17) is 11.6 Å². The SMILES string of the molecule is Oc1ccc(CC(CCl)Cc2cccc(F)c2)cc1. The second kappa shape index (κ2) is 6.58. The summed E-state index contributed by atoms with van der Waals surface area (Å²) in [5, 5.41) is 9.25. The van der Waals surface area contributed by atoms with Crippen molar-refractivity contribution in [1.29, 1.82) is 0 Å². The number of phenols is 1. The molecule has 2 aromatic rings. The van der Waals surface area contributed by atoms with Crippen LogP contribution >= 0.6 is 11.6 Å². The predicted molar refractivity (Wildman–Crippen MR) is 76.1 cm³/mol. The van der Waals surface area contributed by atoms with Crippen LogP contribution in [0.4, 0.5) is 4.39 Å². The van der Waals surface area contributed by atoms with Gasteiger partial charge in [-0.3, -0.25) is 0 Å². The number of hydrogen-bond acceptors (Lipinski definition) is 1. The Kier molecular flexibility index (Phi) is 4.80. The minimum Gasteiger partial charge on any atom is -0.508 e. The lowest BCUT2D eigenvalue weighted by Crippen LogP contribution is -2.10. The molecule has 0 aliphatic carbocycles. The quantitative estimate of drug-likeness (QED) is 0.814. The summed E-state index contributed by atoms with van der Waals surface area (Å²) in [6, 6.07) is 13.7. The van der Waals surface area contributed by atoms with Gasteiger partial charge in [0.1, 0.15) is 11.6 Å². The summed E-state index contributed by atoms with van der Waals surface area (Å²) in [6.45, 7) is 0. The van der Waals surface area contributed by atoms with Crippen LogP contribution in [0.3, 0.4) is 0 Å². The largest absolute Gasteiger partial charge is 0.508 e. The topological polar surface area (TPSA) is 20.2 Å². The van der Waals surface area contributed by atoms with Crippen LogP contribution in [-0.2, 0) is 12.8 Å². The van der Waals surface area contributed by atoms with E-state index >= 15 is 0 Å². The maximum Gasteiger partial charge on any atom is 0.123 e. The van der Waals surface area contributed by atoms with E-state index in [1.165, 1.54) is 6.07 Å². The van der Waals surface area contributed by atoms with Gasteiger partial charge in [0, 0.05) is 5.88 Å². The van der Waals surface area contributed by atoms with E-state index in [1.54, 1.807) is 24.3 Å². The van der Waals surface area contributed by atoms with Crippen molar-refractivity contribution < 1.29 is 9.50 Å². The Balaban J connectivity index is 2.02. The zero-order valence-electron chi connectivity index (χ0n) is 10.5. The molecule has 0 spiro atoms. The second-order valence-corrected chi connectivity index (χ2v) is 5.03. The number of alkyl halides is 1. The van der Waals surface area contributed by atoms with E-state index in [0.29, 0.717) is 5.88 Å². The zero-order valence-corrected chi connectivity index (χ0v) is 11.3. The van der Waals surface area contributed by atoms with Crippen LogP contribution in [0.25, 0.3) is 0 Å². The van der Waals surface area contributed by atoms with Crippen LogP contribution in [-0.4, -0.2) is 11.0 Å². The van der Waals surface area contributed by atoms with E-state index in [2.05, 4.69) is 0 Å². The molecule has 2 aromatic carbocycles. The summed E-state index contributed by atoms with van der Waals surface area (Å²) >= 11 is 6.00. The molecule has 100 valence electrons. The Morgan fingerprint density at radius 2 is 1.68 bits per heavy atom. The molecular weight excluding hydrogens is 263 g/mol. The molecule has 0 saturated carbocycles. The van der Waals surface area contributed by atoms with E-state index in [0.717, 1.165) is 24.0 Å². The summed E-state index contributed by atoms with van der Waals surface area (Å²) < 4.78 is 13.1. The van der Waals surface area contributed by atoms with Crippen LogP contribution in [0.2, 0.25) is 0 Å². The first kappa shape index (κ1) is 13.9. The Bertz CT molecular complexity index is 525. The predicted octanol–water partition coefficient (Wildman–Crippen LogP) is 4.17. The highest BCUT2D eigenvalue weighted by Gasteiger charge is 2.10. The number of aromatic hydroxyl groups is 1. The third kappa shape index (κ3) is 4.25. The smallest absolute Gasteiger partial charge is 0.123 e. The molecule has 1 nitrogen and oxygen atoms in total. The monoisotopic (exact) mass is 278 g/mol. The second-order valence-electron chi connectivity index (χ2n) is 4.72. The van der Waals surface area contributed by atoms with Gasteiger partial charge in [-0.15, -0.1) is 11.6 Å². The van der Waals surface area contributed by atoms with Crippen LogP contribution in [0.15, 0.2) is 48.5 Å². The van der Waals surface area contributed by atoms with Gasteiger partial charge in [-0.2, -0.15) is 0 Å². The van der Waals surface area contributed by atoms with Gasteiger partial charge in [0.25, 0.3) is 0 Å². The first-order chi connectivity index (χ1) is 9.17. The molecule has 3 heteroatoms. The molecule has 0 heterocycles. The maximum atomic E-state index is 13.1. The molecule has 19 heavy (non-hydrogen) atoms. The van der Waals surface area contributed by atoms with Gasteiger partial charge in [-0.1, -0.05) is 24.3 Å². The number of hydrogen-bond donors (Lipinski definition) is 1. The van der Waals surface area contributed by atoms with Crippen LogP contribution in [0.5, 0.6) is 5.75 Å². The third-order valence-corrected chi connectivity index (χ3v) is 3.53. The lowest BCUT2D eigenvalue weighted by molar-refractivity contribution is 0.474. The van der Waals surface area contributed by atoms with Gasteiger partial charge in [0.15, 0.2) is 0 Å². The third-order valence-electron chi connectivity index (χ3n) is 3.09. The number of benzene rings is 2. The number of halogens is 2. The zero-order chi connectivity index (χ0) is 13.7. The molecule has 0 aliphatic rings. The summed E-state index contributed by atoms with van der Waals surface area (Å²) in [4.78, 5) is 0. The normalized spacial score (nSPS) is 12.3. The Labute approximate surface area is 117 Å². The van der Waals surface area contributed by atoms with Crippen molar-refractivity contribution in [3.05, 3.63) is 65.5 Å². The molecule has 0 fully saturated rings. The molecule has 0 radical (unpaired) electrons. The van der Waals surface area contributed by atoms with Gasteiger partial charge in [0.2, 0.25) is 0 Å². The van der Waals surface area contributed by atoms with Crippen LogP contribution in [0.1, 0.15) is 11.1 Å². The van der Waals surface area contributed by atoms with Crippen molar-refractivity contribution in [3.8, 4) is 5.75 Å². The van der Waals surface area contributed by atoms with Crippen molar-refractivity contribution in [2.45, 2.75) is 12.8 Å². The average molecular weight is 279 g/mol. The van der Waals surface area contributed by atoms with E-state index in [-0.39, 0.29) is 17.5 Å². The fraction of sp³-hybridized carbons (Fsp3) is 0.250. The number of rotatable bonds is 5. The first-order valence-electron chi connectivity index (χ1n) is 6.25. The van der Waals surface area contributed by atoms with Crippen LogP contribution in [0, 0.1) is 11.7 Å². The Morgan fingerprint density at radius 1 is 1.00 bits per heavy atom. The summed E-state index contributed by atoms with van der Waals surface area (Å²) in [7, 11) is 0. The summed E-state index contributed by atoms with van der Waals surface area (Å²) in [5.74, 6) is 0.831. The molecule has 0 aliphatic heterocycles. The Morgan fingerprint density at radius 3 is 2.32 bits per heavy atom. The lowest BCUT2D eigenvalue weighted by atomic mass is 9.94. The molecule has 0 aromatic heterocycles. The average Bonchev–Trinajstić information content (AvgIpc) is 2.40. The molecule has 0 saturated heterocycles. The van der Waals surface area contributed by atoms with Gasteiger partial charge in [0.05, 0.1) is 0 Å². The molecule has 2 rings (SSSR count). The van der Waals surface area contributed by atoms with E-state index < -0.39 is 0 Å². The van der Waals surface area contributed by atoms with Gasteiger partial charge < -0.3 is 5.11 Å². The van der Waals surface area contributed by atoms with Gasteiger partial charge in [-0.25, -0.2) is 4.39 Å². The van der Waals surface area contributed by atoms with Crippen molar-refractivity contribution in [3.63, 3.8) is 0 Å². The van der Waals surface area contributed by atoms with Crippen molar-refractivity contribution in [1.82, 2.24) is 0 Å². The minimum absolute atomic E-state index is 0.213. The first-order valence-corrected chi connectivity index (χ1v) is 6.79. The lowest BCUT2D eigenvalue weighted by Gasteiger charge is -2.14. The Hall–Kier alpha value is -1.54. The minimum atomic E-state index is -0.213.